The molecule has 0 aromatic heterocycles. The van der Waals surface area contributed by atoms with Crippen LogP contribution in [0.25, 0.3) is 0 Å². The normalized spacial score (nSPS) is 12.1. The Bertz CT molecular complexity index is 1160. The van der Waals surface area contributed by atoms with Gasteiger partial charge in [-0.05, 0) is 72.2 Å². The molecule has 4 aromatic rings. The van der Waals surface area contributed by atoms with E-state index < -0.39 is 15.6 Å². The Hall–Kier alpha value is -2.26. The fourth-order valence-corrected chi connectivity index (χ4v) is 9.45. The van der Waals surface area contributed by atoms with Gasteiger partial charge in [-0.25, -0.2) is 4.39 Å². The minimum Gasteiger partial charge on any atom is -1.00 e. The van der Waals surface area contributed by atoms with E-state index in [-0.39, 0.29) is 27.8 Å². The molecule has 36 heavy (non-hydrogen) atoms. The smallest absolute Gasteiger partial charge is 0.250 e. The standard InChI is InChI=1S/C31H35FOPSi.BrH/c1-31(2,3)35(4,5)33-30-22-21-25(23-29(30)32)24-34(26-15-9-6-10-16-26,27-17-11-7-12-18-27)28-19-13-8-14-20-28;/h6-23H,24H2,1-5H3;1H/q+1;/p-1. The van der Waals surface area contributed by atoms with Crippen LogP contribution in [0, 0.1) is 5.82 Å². The molecule has 0 spiro atoms. The summed E-state index contributed by atoms with van der Waals surface area (Å²) in [4.78, 5) is 0. The molecule has 0 aliphatic carbocycles. The maximum absolute atomic E-state index is 15.5. The first-order chi connectivity index (χ1) is 16.6. The van der Waals surface area contributed by atoms with Crippen molar-refractivity contribution in [2.45, 2.75) is 45.1 Å². The number of halogens is 2. The molecule has 0 amide bonds. The molecule has 0 saturated heterocycles. The Balaban J connectivity index is 0.00000361. The largest absolute Gasteiger partial charge is 1.00 e. The third kappa shape index (κ3) is 5.83. The molecule has 0 aliphatic heterocycles. The summed E-state index contributed by atoms with van der Waals surface area (Å²) in [5, 5.41) is 3.88. The Kier molecular flexibility index (Phi) is 8.98. The zero-order valence-corrected chi connectivity index (χ0v) is 25.2. The van der Waals surface area contributed by atoms with Crippen LogP contribution in [0.1, 0.15) is 26.3 Å². The van der Waals surface area contributed by atoms with Crippen LogP contribution in [0.2, 0.25) is 18.1 Å². The van der Waals surface area contributed by atoms with Crippen molar-refractivity contribution < 1.29 is 25.8 Å². The topological polar surface area (TPSA) is 9.23 Å². The van der Waals surface area contributed by atoms with Crippen molar-refractivity contribution in [1.82, 2.24) is 0 Å². The van der Waals surface area contributed by atoms with Gasteiger partial charge in [0.1, 0.15) is 28.9 Å². The minimum atomic E-state index is -2.13. The molecule has 0 aliphatic rings. The molecular weight excluding hydrogens is 546 g/mol. The summed E-state index contributed by atoms with van der Waals surface area (Å²) in [6.45, 7) is 10.8. The second-order valence-electron chi connectivity index (χ2n) is 10.6. The fraction of sp³-hybridized carbons (Fsp3) is 0.226. The average Bonchev–Trinajstić information content (AvgIpc) is 2.85. The quantitative estimate of drug-likeness (QED) is 0.227. The summed E-state index contributed by atoms with van der Waals surface area (Å²) in [6, 6.07) is 37.7. The van der Waals surface area contributed by atoms with Gasteiger partial charge in [0.15, 0.2) is 5.82 Å². The van der Waals surface area contributed by atoms with Gasteiger partial charge in [0, 0.05) is 0 Å². The van der Waals surface area contributed by atoms with Crippen LogP contribution >= 0.6 is 7.26 Å². The van der Waals surface area contributed by atoms with Crippen molar-refractivity contribution in [2.75, 3.05) is 0 Å². The van der Waals surface area contributed by atoms with Crippen molar-refractivity contribution in [3.63, 3.8) is 0 Å². The molecular formula is C31H35BrFOPSi. The monoisotopic (exact) mass is 580 g/mol. The van der Waals surface area contributed by atoms with Gasteiger partial charge >= 0.3 is 0 Å². The Morgan fingerprint density at radius 3 is 1.47 bits per heavy atom. The van der Waals surface area contributed by atoms with E-state index in [1.807, 2.05) is 6.07 Å². The van der Waals surface area contributed by atoms with E-state index in [1.165, 1.54) is 15.9 Å². The molecule has 5 heteroatoms. The third-order valence-electron chi connectivity index (χ3n) is 7.18. The Labute approximate surface area is 228 Å². The van der Waals surface area contributed by atoms with Crippen molar-refractivity contribution in [2.24, 2.45) is 0 Å². The van der Waals surface area contributed by atoms with Gasteiger partial charge in [-0.15, -0.1) is 0 Å². The van der Waals surface area contributed by atoms with E-state index >= 15 is 4.39 Å². The van der Waals surface area contributed by atoms with E-state index in [1.54, 1.807) is 6.07 Å². The predicted octanol–water partition coefficient (Wildman–Crippen LogP) is 4.71. The van der Waals surface area contributed by atoms with E-state index in [0.29, 0.717) is 5.75 Å². The lowest BCUT2D eigenvalue weighted by Crippen LogP contribution is -3.00. The minimum absolute atomic E-state index is 0. The van der Waals surface area contributed by atoms with E-state index in [2.05, 4.69) is 131 Å². The summed E-state index contributed by atoms with van der Waals surface area (Å²) < 4.78 is 21.8. The Morgan fingerprint density at radius 1 is 0.694 bits per heavy atom. The van der Waals surface area contributed by atoms with Gasteiger partial charge in [-0.3, -0.25) is 0 Å². The summed E-state index contributed by atoms with van der Waals surface area (Å²) in [5.74, 6) is 0.0861. The summed E-state index contributed by atoms with van der Waals surface area (Å²) in [7, 11) is -4.21. The molecule has 1 nitrogen and oxygen atoms in total. The van der Waals surface area contributed by atoms with Crippen molar-refractivity contribution in [3.8, 4) is 5.75 Å². The van der Waals surface area contributed by atoms with Gasteiger partial charge in [0.2, 0.25) is 0 Å². The van der Waals surface area contributed by atoms with Crippen LogP contribution in [0.3, 0.4) is 0 Å². The highest BCUT2D eigenvalue weighted by Gasteiger charge is 2.45. The van der Waals surface area contributed by atoms with Gasteiger partial charge < -0.3 is 21.4 Å². The number of hydrogen-bond donors (Lipinski definition) is 0. The van der Waals surface area contributed by atoms with E-state index in [0.717, 1.165) is 11.7 Å². The number of hydrogen-bond acceptors (Lipinski definition) is 1. The molecule has 0 unspecified atom stereocenters. The maximum atomic E-state index is 15.5. The molecule has 4 rings (SSSR count). The van der Waals surface area contributed by atoms with E-state index in [4.69, 9.17) is 4.43 Å². The molecule has 4 aromatic carbocycles. The molecule has 0 saturated carbocycles. The van der Waals surface area contributed by atoms with Crippen LogP contribution in [-0.2, 0) is 6.16 Å². The van der Waals surface area contributed by atoms with Crippen molar-refractivity contribution in [1.29, 1.82) is 0 Å². The van der Waals surface area contributed by atoms with Crippen LogP contribution in [-0.4, -0.2) is 8.32 Å². The van der Waals surface area contributed by atoms with E-state index in [9.17, 15) is 0 Å². The summed E-state index contributed by atoms with van der Waals surface area (Å²) in [5.41, 5.74) is 0.981. The van der Waals surface area contributed by atoms with Crippen LogP contribution in [0.4, 0.5) is 4.39 Å². The Morgan fingerprint density at radius 2 is 1.11 bits per heavy atom. The zero-order valence-electron chi connectivity index (χ0n) is 21.7. The third-order valence-corrected chi connectivity index (χ3v) is 15.9. The molecule has 0 radical (unpaired) electrons. The highest BCUT2D eigenvalue weighted by atomic mass is 79.9. The molecule has 0 fully saturated rings. The number of rotatable bonds is 7. The molecule has 0 bridgehead atoms. The van der Waals surface area contributed by atoms with Crippen LogP contribution in [0.5, 0.6) is 5.75 Å². The van der Waals surface area contributed by atoms with Crippen molar-refractivity contribution in [3.05, 3.63) is 121 Å². The van der Waals surface area contributed by atoms with Gasteiger partial charge in [-0.2, -0.15) is 0 Å². The maximum Gasteiger partial charge on any atom is 0.250 e. The first-order valence-electron chi connectivity index (χ1n) is 12.2. The average molecular weight is 582 g/mol. The van der Waals surface area contributed by atoms with Crippen molar-refractivity contribution >= 4 is 31.5 Å². The first-order valence-corrected chi connectivity index (χ1v) is 17.0. The first kappa shape index (κ1) is 28.3. The molecule has 0 heterocycles. The van der Waals surface area contributed by atoms with Gasteiger partial charge in [0.05, 0.1) is 6.16 Å². The summed E-state index contributed by atoms with van der Waals surface area (Å²) in [6.07, 6.45) is 0.738. The molecule has 0 atom stereocenters. The lowest BCUT2D eigenvalue weighted by atomic mass is 10.2. The zero-order chi connectivity index (χ0) is 25.1. The van der Waals surface area contributed by atoms with Crippen LogP contribution in [0.15, 0.2) is 109 Å². The molecule has 188 valence electrons. The van der Waals surface area contributed by atoms with Gasteiger partial charge in [0.25, 0.3) is 8.32 Å². The molecule has 0 N–H and O–H groups in total. The highest BCUT2D eigenvalue weighted by molar-refractivity contribution is 7.95. The van der Waals surface area contributed by atoms with Gasteiger partial charge in [-0.1, -0.05) is 81.4 Å². The lowest BCUT2D eigenvalue weighted by molar-refractivity contribution is -0.00000846. The second kappa shape index (κ2) is 11.4. The number of benzene rings is 4. The highest BCUT2D eigenvalue weighted by Crippen LogP contribution is 2.58. The fourth-order valence-electron chi connectivity index (χ4n) is 4.20. The second-order valence-corrected chi connectivity index (χ2v) is 18.8. The SMILES string of the molecule is CC(C)(C)[Si](C)(C)Oc1ccc(C[P+](c2ccccc2)(c2ccccc2)c2ccccc2)cc1F.[Br-]. The predicted molar refractivity (Wildman–Crippen MR) is 153 cm³/mol. The lowest BCUT2D eigenvalue weighted by Gasteiger charge is -2.36. The summed E-state index contributed by atoms with van der Waals surface area (Å²) >= 11 is 0. The van der Waals surface area contributed by atoms with Crippen LogP contribution < -0.4 is 37.3 Å².